The van der Waals surface area contributed by atoms with Gasteiger partial charge in [-0.3, -0.25) is 0 Å². The fraction of sp³-hybridized carbons (Fsp3) is 0. The number of hydrogen-bond acceptors (Lipinski definition) is 1. The first-order valence-electron chi connectivity index (χ1n) is 19.6. The summed E-state index contributed by atoms with van der Waals surface area (Å²) < 4.78 is 4.99. The first-order chi connectivity index (χ1) is 28.3. The van der Waals surface area contributed by atoms with Crippen molar-refractivity contribution < 1.29 is 0 Å². The Morgan fingerprint density at radius 2 is 0.807 bits per heavy atom. The van der Waals surface area contributed by atoms with Gasteiger partial charge in [0.05, 0.1) is 39.1 Å². The standard InChI is InChI=1S/C54H35N3/c1-3-17-36(18-4-1)39-26-16-32-52-54(39)57-51-34-33-38(56-49-30-13-10-24-43(49)44-25-11-14-31-50(44)56)35-47(51)46-28-15-27-45(53(46)57)41-22-8-7-21-40(41)42-23-9-12-29-48(42)55(52)37-19-5-2-6-20-37/h1-35H. The van der Waals surface area contributed by atoms with Crippen molar-refractivity contribution in [1.29, 1.82) is 0 Å². The summed E-state index contributed by atoms with van der Waals surface area (Å²) in [4.78, 5) is 2.46. The molecule has 11 aromatic rings. The summed E-state index contributed by atoms with van der Waals surface area (Å²) in [5.41, 5.74) is 17.5. The molecule has 0 aliphatic carbocycles. The molecule has 0 saturated carbocycles. The van der Waals surface area contributed by atoms with Crippen molar-refractivity contribution in [2.24, 2.45) is 0 Å². The monoisotopic (exact) mass is 725 g/mol. The predicted octanol–water partition coefficient (Wildman–Crippen LogP) is 14.7. The molecule has 0 atom stereocenters. The molecule has 3 heterocycles. The highest BCUT2D eigenvalue weighted by atomic mass is 15.2. The average Bonchev–Trinajstić information content (AvgIpc) is 3.80. The second-order valence-corrected chi connectivity index (χ2v) is 14.9. The van der Waals surface area contributed by atoms with Crippen LogP contribution >= 0.6 is 0 Å². The average molecular weight is 726 g/mol. The molecule has 3 nitrogen and oxygen atoms in total. The summed E-state index contributed by atoms with van der Waals surface area (Å²) in [6, 6.07) is 77.8. The second kappa shape index (κ2) is 12.5. The van der Waals surface area contributed by atoms with E-state index in [1.54, 1.807) is 0 Å². The number of nitrogens with zero attached hydrogens (tertiary/aromatic N) is 3. The van der Waals surface area contributed by atoms with Gasteiger partial charge in [0.25, 0.3) is 0 Å². The number of aromatic nitrogens is 2. The lowest BCUT2D eigenvalue weighted by Gasteiger charge is -2.32. The highest BCUT2D eigenvalue weighted by molar-refractivity contribution is 6.17. The number of benzene rings is 9. The molecule has 0 amide bonds. The van der Waals surface area contributed by atoms with Crippen LogP contribution in [0.1, 0.15) is 0 Å². The molecular formula is C54H35N3. The summed E-state index contributed by atoms with van der Waals surface area (Å²) in [6.07, 6.45) is 0. The zero-order chi connectivity index (χ0) is 37.5. The van der Waals surface area contributed by atoms with Crippen molar-refractivity contribution in [2.45, 2.75) is 0 Å². The topological polar surface area (TPSA) is 13.1 Å². The van der Waals surface area contributed by atoms with E-state index in [1.165, 1.54) is 71.5 Å². The number of para-hydroxylation sites is 6. The smallest absolute Gasteiger partial charge is 0.0782 e. The van der Waals surface area contributed by atoms with Crippen LogP contribution in [-0.2, 0) is 0 Å². The molecule has 9 aromatic carbocycles. The van der Waals surface area contributed by atoms with E-state index in [9.17, 15) is 0 Å². The summed E-state index contributed by atoms with van der Waals surface area (Å²) in [6.45, 7) is 0. The lowest BCUT2D eigenvalue weighted by atomic mass is 9.91. The molecular weight excluding hydrogens is 691 g/mol. The van der Waals surface area contributed by atoms with E-state index in [-0.39, 0.29) is 0 Å². The van der Waals surface area contributed by atoms with E-state index in [0.29, 0.717) is 0 Å². The van der Waals surface area contributed by atoms with Crippen molar-refractivity contribution >= 4 is 60.7 Å². The zero-order valence-electron chi connectivity index (χ0n) is 31.0. The Labute approximate surface area is 330 Å². The van der Waals surface area contributed by atoms with Crippen molar-refractivity contribution in [3.05, 3.63) is 212 Å². The highest BCUT2D eigenvalue weighted by Gasteiger charge is 2.29. The minimum absolute atomic E-state index is 1.10. The van der Waals surface area contributed by atoms with Gasteiger partial charge in [0.15, 0.2) is 0 Å². The number of rotatable bonds is 3. The third kappa shape index (κ3) is 4.66. The highest BCUT2D eigenvalue weighted by Crippen LogP contribution is 2.51. The molecule has 57 heavy (non-hydrogen) atoms. The maximum absolute atomic E-state index is 2.56. The maximum Gasteiger partial charge on any atom is 0.0782 e. The Morgan fingerprint density at radius 3 is 1.56 bits per heavy atom. The first-order valence-corrected chi connectivity index (χ1v) is 19.6. The van der Waals surface area contributed by atoms with E-state index in [2.05, 4.69) is 226 Å². The second-order valence-electron chi connectivity index (χ2n) is 14.9. The fourth-order valence-corrected chi connectivity index (χ4v) is 9.48. The van der Waals surface area contributed by atoms with Crippen LogP contribution in [0.3, 0.4) is 0 Å². The normalized spacial score (nSPS) is 12.2. The SMILES string of the molecule is c1ccc(-c2cccc3c2-n2c4ccc(-n5c6ccccc6c6ccccc65)cc4c4cccc(c42)-c2ccccc2-c2ccccc2N3c2ccccc2)cc1. The molecule has 0 saturated heterocycles. The number of anilines is 3. The van der Waals surface area contributed by atoms with Crippen molar-refractivity contribution in [1.82, 2.24) is 9.13 Å². The predicted molar refractivity (Wildman–Crippen MR) is 240 cm³/mol. The van der Waals surface area contributed by atoms with Crippen LogP contribution in [0.15, 0.2) is 212 Å². The molecule has 0 unspecified atom stereocenters. The van der Waals surface area contributed by atoms with Crippen molar-refractivity contribution in [3.8, 4) is 44.8 Å². The number of fused-ring (bicyclic) bond motifs is 12. The van der Waals surface area contributed by atoms with Gasteiger partial charge in [-0.25, -0.2) is 0 Å². The Bertz CT molecular complexity index is 3300. The molecule has 0 radical (unpaired) electrons. The minimum atomic E-state index is 1.10. The van der Waals surface area contributed by atoms with E-state index >= 15 is 0 Å². The maximum atomic E-state index is 2.56. The van der Waals surface area contributed by atoms with Gasteiger partial charge in [0.2, 0.25) is 0 Å². The molecule has 1 aliphatic rings. The molecule has 2 aromatic heterocycles. The summed E-state index contributed by atoms with van der Waals surface area (Å²) in [7, 11) is 0. The lowest BCUT2D eigenvalue weighted by Crippen LogP contribution is -2.15. The third-order valence-electron chi connectivity index (χ3n) is 11.8. The van der Waals surface area contributed by atoms with Crippen LogP contribution in [0.5, 0.6) is 0 Å². The molecule has 266 valence electrons. The Kier molecular flexibility index (Phi) is 6.93. The minimum Gasteiger partial charge on any atom is -0.309 e. The molecule has 3 heteroatoms. The summed E-state index contributed by atoms with van der Waals surface area (Å²) >= 11 is 0. The van der Waals surface area contributed by atoms with Gasteiger partial charge in [0.1, 0.15) is 0 Å². The largest absolute Gasteiger partial charge is 0.309 e. The molecule has 1 aliphatic heterocycles. The van der Waals surface area contributed by atoms with E-state index in [0.717, 1.165) is 34.0 Å². The molecule has 0 N–H and O–H groups in total. The van der Waals surface area contributed by atoms with Crippen molar-refractivity contribution in [3.63, 3.8) is 0 Å². The van der Waals surface area contributed by atoms with E-state index in [1.807, 2.05) is 0 Å². The Balaban J connectivity index is 1.28. The first kappa shape index (κ1) is 31.7. The fourth-order valence-electron chi connectivity index (χ4n) is 9.48. The van der Waals surface area contributed by atoms with Gasteiger partial charge < -0.3 is 14.0 Å². The van der Waals surface area contributed by atoms with Gasteiger partial charge in [0, 0.05) is 49.6 Å². The van der Waals surface area contributed by atoms with Gasteiger partial charge >= 0.3 is 0 Å². The number of hydrogen-bond donors (Lipinski definition) is 0. The summed E-state index contributed by atoms with van der Waals surface area (Å²) in [5, 5.41) is 4.94. The van der Waals surface area contributed by atoms with Crippen LogP contribution in [0.4, 0.5) is 17.1 Å². The molecule has 0 fully saturated rings. The van der Waals surface area contributed by atoms with E-state index in [4.69, 9.17) is 0 Å². The quantitative estimate of drug-likeness (QED) is 0.177. The third-order valence-corrected chi connectivity index (χ3v) is 11.8. The Morgan fingerprint density at radius 1 is 0.281 bits per heavy atom. The van der Waals surface area contributed by atoms with Crippen molar-refractivity contribution in [2.75, 3.05) is 4.90 Å². The lowest BCUT2D eigenvalue weighted by molar-refractivity contribution is 1.14. The van der Waals surface area contributed by atoms with Crippen LogP contribution in [-0.4, -0.2) is 9.13 Å². The Hall–Kier alpha value is -7.62. The van der Waals surface area contributed by atoms with Gasteiger partial charge in [-0.15, -0.1) is 0 Å². The van der Waals surface area contributed by atoms with E-state index < -0.39 is 0 Å². The van der Waals surface area contributed by atoms with Gasteiger partial charge in [-0.1, -0.05) is 158 Å². The van der Waals surface area contributed by atoms with Gasteiger partial charge in [-0.05, 0) is 71.3 Å². The van der Waals surface area contributed by atoms with Crippen LogP contribution in [0, 0.1) is 0 Å². The molecule has 0 bridgehead atoms. The molecule has 0 spiro atoms. The zero-order valence-corrected chi connectivity index (χ0v) is 31.0. The van der Waals surface area contributed by atoms with Crippen LogP contribution < -0.4 is 4.90 Å². The molecule has 12 rings (SSSR count). The van der Waals surface area contributed by atoms with Gasteiger partial charge in [-0.2, -0.15) is 0 Å². The van der Waals surface area contributed by atoms with Crippen LogP contribution in [0.2, 0.25) is 0 Å². The van der Waals surface area contributed by atoms with Crippen LogP contribution in [0.25, 0.3) is 88.4 Å². The summed E-state index contributed by atoms with van der Waals surface area (Å²) in [5.74, 6) is 0.